The highest BCUT2D eigenvalue weighted by molar-refractivity contribution is 5.70. The van der Waals surface area contributed by atoms with Gasteiger partial charge >= 0.3 is 5.69 Å². The fraction of sp³-hybridized carbons (Fsp3) is 0.583. The first-order valence-corrected chi connectivity index (χ1v) is 6.30. The third kappa shape index (κ3) is 3.78. The van der Waals surface area contributed by atoms with Gasteiger partial charge in [-0.25, -0.2) is 9.97 Å². The first-order valence-electron chi connectivity index (χ1n) is 6.30. The zero-order valence-corrected chi connectivity index (χ0v) is 11.8. The van der Waals surface area contributed by atoms with Crippen molar-refractivity contribution in [3.05, 3.63) is 16.4 Å². The molecule has 0 aliphatic heterocycles. The van der Waals surface area contributed by atoms with Crippen LogP contribution in [0.25, 0.3) is 0 Å². The molecule has 0 amide bonds. The minimum Gasteiger partial charge on any atom is -0.367 e. The first-order chi connectivity index (χ1) is 9.51. The summed E-state index contributed by atoms with van der Waals surface area (Å²) in [5, 5.41) is 22.7. The highest BCUT2D eigenvalue weighted by Gasteiger charge is 2.26. The van der Waals surface area contributed by atoms with Gasteiger partial charge in [-0.05, 0) is 5.92 Å². The van der Waals surface area contributed by atoms with Gasteiger partial charge in [-0.2, -0.15) is 5.26 Å². The van der Waals surface area contributed by atoms with Crippen LogP contribution in [0.5, 0.6) is 0 Å². The van der Waals surface area contributed by atoms with Gasteiger partial charge in [0.2, 0.25) is 11.6 Å². The van der Waals surface area contributed by atoms with E-state index in [2.05, 4.69) is 15.3 Å². The number of nitriles is 1. The molecular formula is C12H18N6O2. The van der Waals surface area contributed by atoms with E-state index in [1.165, 1.54) is 6.33 Å². The van der Waals surface area contributed by atoms with Crippen LogP contribution in [0.15, 0.2) is 6.33 Å². The molecule has 0 aliphatic rings. The van der Waals surface area contributed by atoms with E-state index < -0.39 is 4.92 Å². The topological polar surface area (TPSA) is 108 Å². The Morgan fingerprint density at radius 2 is 2.25 bits per heavy atom. The summed E-state index contributed by atoms with van der Waals surface area (Å²) in [6.07, 6.45) is 1.57. The summed E-state index contributed by atoms with van der Waals surface area (Å²) in [6.45, 7) is 5.00. The molecule has 1 aromatic heterocycles. The molecule has 1 rings (SSSR count). The Balaban J connectivity index is 3.24. The summed E-state index contributed by atoms with van der Waals surface area (Å²) in [5.41, 5.74) is -0.159. The highest BCUT2D eigenvalue weighted by atomic mass is 16.6. The Bertz CT molecular complexity index is 511. The standard InChI is InChI=1S/C12H18N6O2/c1-9(2)7-17(6-4-5-13)12-10(18(19)20)11(14-3)15-8-16-12/h8-9H,4,6-7H2,1-3H3,(H,14,15,16). The number of hydrogen-bond donors (Lipinski definition) is 1. The van der Waals surface area contributed by atoms with Gasteiger partial charge in [0.15, 0.2) is 0 Å². The number of nitro groups is 1. The lowest BCUT2D eigenvalue weighted by molar-refractivity contribution is -0.383. The predicted octanol–water partition coefficient (Wildman–Crippen LogP) is 1.80. The summed E-state index contributed by atoms with van der Waals surface area (Å²) >= 11 is 0. The Morgan fingerprint density at radius 1 is 1.55 bits per heavy atom. The molecule has 108 valence electrons. The molecule has 0 bridgehead atoms. The molecule has 1 N–H and O–H groups in total. The first kappa shape index (κ1) is 15.6. The fourth-order valence-corrected chi connectivity index (χ4v) is 1.86. The molecule has 0 atom stereocenters. The second-order valence-electron chi connectivity index (χ2n) is 4.65. The van der Waals surface area contributed by atoms with Crippen LogP contribution >= 0.6 is 0 Å². The maximum Gasteiger partial charge on any atom is 0.353 e. The van der Waals surface area contributed by atoms with Crippen LogP contribution in [0.4, 0.5) is 17.3 Å². The normalized spacial score (nSPS) is 10.2. The number of hydrogen-bond acceptors (Lipinski definition) is 7. The van der Waals surface area contributed by atoms with Gasteiger partial charge in [-0.3, -0.25) is 10.1 Å². The average Bonchev–Trinajstić information content (AvgIpc) is 2.41. The quantitative estimate of drug-likeness (QED) is 0.598. The largest absolute Gasteiger partial charge is 0.367 e. The van der Waals surface area contributed by atoms with Gasteiger partial charge in [-0.15, -0.1) is 0 Å². The van der Waals surface area contributed by atoms with Crippen molar-refractivity contribution in [1.82, 2.24) is 9.97 Å². The smallest absolute Gasteiger partial charge is 0.353 e. The van der Waals surface area contributed by atoms with E-state index in [-0.39, 0.29) is 23.7 Å². The molecule has 8 heteroatoms. The zero-order valence-electron chi connectivity index (χ0n) is 11.8. The Labute approximate surface area is 117 Å². The SMILES string of the molecule is CNc1ncnc(N(CCC#N)CC(C)C)c1[N+](=O)[O-]. The zero-order chi connectivity index (χ0) is 15.1. The van der Waals surface area contributed by atoms with Gasteiger partial charge in [0.25, 0.3) is 0 Å². The molecule has 0 unspecified atom stereocenters. The summed E-state index contributed by atoms with van der Waals surface area (Å²) in [5.74, 6) is 0.713. The third-order valence-electron chi connectivity index (χ3n) is 2.60. The van der Waals surface area contributed by atoms with Gasteiger partial charge < -0.3 is 10.2 Å². The highest BCUT2D eigenvalue weighted by Crippen LogP contribution is 2.31. The third-order valence-corrected chi connectivity index (χ3v) is 2.60. The van der Waals surface area contributed by atoms with Crippen molar-refractivity contribution in [3.8, 4) is 6.07 Å². The van der Waals surface area contributed by atoms with Crippen molar-refractivity contribution in [1.29, 1.82) is 5.26 Å². The van der Waals surface area contributed by atoms with Crippen molar-refractivity contribution >= 4 is 17.3 Å². The molecule has 0 radical (unpaired) electrons. The summed E-state index contributed by atoms with van der Waals surface area (Å²) in [7, 11) is 1.57. The van der Waals surface area contributed by atoms with E-state index in [1.807, 2.05) is 19.9 Å². The Hall–Kier alpha value is -2.43. The molecule has 1 aromatic rings. The lowest BCUT2D eigenvalue weighted by Crippen LogP contribution is -2.30. The van der Waals surface area contributed by atoms with Crippen LogP contribution < -0.4 is 10.2 Å². The molecule has 0 saturated heterocycles. The van der Waals surface area contributed by atoms with Crippen molar-refractivity contribution in [2.75, 3.05) is 30.4 Å². The van der Waals surface area contributed by atoms with E-state index in [1.54, 1.807) is 11.9 Å². The predicted molar refractivity (Wildman–Crippen MR) is 75.5 cm³/mol. The fourth-order valence-electron chi connectivity index (χ4n) is 1.86. The van der Waals surface area contributed by atoms with Gasteiger partial charge in [0.1, 0.15) is 6.33 Å². The van der Waals surface area contributed by atoms with Crippen molar-refractivity contribution < 1.29 is 4.92 Å². The minimum absolute atomic E-state index is 0.159. The number of aromatic nitrogens is 2. The second kappa shape index (κ2) is 7.23. The minimum atomic E-state index is -0.499. The number of rotatable bonds is 7. The van der Waals surface area contributed by atoms with E-state index in [0.717, 1.165) is 0 Å². The van der Waals surface area contributed by atoms with Crippen molar-refractivity contribution in [2.45, 2.75) is 20.3 Å². The van der Waals surface area contributed by atoms with Crippen LogP contribution in [-0.4, -0.2) is 35.0 Å². The molecule has 20 heavy (non-hydrogen) atoms. The average molecular weight is 278 g/mol. The molecule has 1 heterocycles. The lowest BCUT2D eigenvalue weighted by atomic mass is 10.2. The molecule has 0 spiro atoms. The maximum atomic E-state index is 11.3. The van der Waals surface area contributed by atoms with Crippen LogP contribution in [0.3, 0.4) is 0 Å². The summed E-state index contributed by atoms with van der Waals surface area (Å²) in [6, 6.07) is 2.05. The number of nitrogens with zero attached hydrogens (tertiary/aromatic N) is 5. The van der Waals surface area contributed by atoms with Crippen LogP contribution in [-0.2, 0) is 0 Å². The van der Waals surface area contributed by atoms with Gasteiger partial charge in [0.05, 0.1) is 17.4 Å². The maximum absolute atomic E-state index is 11.3. The summed E-state index contributed by atoms with van der Waals surface area (Å²) < 4.78 is 0. The van der Waals surface area contributed by atoms with Gasteiger partial charge in [-0.1, -0.05) is 13.8 Å². The van der Waals surface area contributed by atoms with Crippen LogP contribution in [0.1, 0.15) is 20.3 Å². The van der Waals surface area contributed by atoms with Crippen molar-refractivity contribution in [2.24, 2.45) is 5.92 Å². The monoisotopic (exact) mass is 278 g/mol. The molecule has 0 aromatic carbocycles. The lowest BCUT2D eigenvalue weighted by Gasteiger charge is -2.24. The molecule has 0 saturated carbocycles. The van der Waals surface area contributed by atoms with Gasteiger partial charge in [0, 0.05) is 20.1 Å². The van der Waals surface area contributed by atoms with E-state index >= 15 is 0 Å². The number of anilines is 2. The molecular weight excluding hydrogens is 260 g/mol. The van der Waals surface area contributed by atoms with Crippen molar-refractivity contribution in [3.63, 3.8) is 0 Å². The Kier molecular flexibility index (Phi) is 5.65. The molecule has 8 nitrogen and oxygen atoms in total. The number of nitrogens with one attached hydrogen (secondary N) is 1. The van der Waals surface area contributed by atoms with Crippen LogP contribution in [0.2, 0.25) is 0 Å². The Morgan fingerprint density at radius 3 is 2.75 bits per heavy atom. The van der Waals surface area contributed by atoms with E-state index in [4.69, 9.17) is 5.26 Å². The summed E-state index contributed by atoms with van der Waals surface area (Å²) in [4.78, 5) is 20.4. The second-order valence-corrected chi connectivity index (χ2v) is 4.65. The van der Waals surface area contributed by atoms with E-state index in [0.29, 0.717) is 19.0 Å². The van der Waals surface area contributed by atoms with E-state index in [9.17, 15) is 10.1 Å². The molecule has 0 aliphatic carbocycles. The van der Waals surface area contributed by atoms with Crippen LogP contribution in [0, 0.1) is 27.4 Å². The molecule has 0 fully saturated rings.